The van der Waals surface area contributed by atoms with Crippen LogP contribution in [0.15, 0.2) is 36.4 Å². The van der Waals surface area contributed by atoms with Crippen molar-refractivity contribution in [2.75, 3.05) is 0 Å². The van der Waals surface area contributed by atoms with E-state index in [4.69, 9.17) is 4.74 Å². The Morgan fingerprint density at radius 1 is 1.17 bits per heavy atom. The quantitative estimate of drug-likeness (QED) is 0.754. The maximum atomic E-state index is 14.0. The maximum absolute atomic E-state index is 14.0. The first-order chi connectivity index (χ1) is 8.42. The zero-order chi connectivity index (χ0) is 13.3. The van der Waals surface area contributed by atoms with Crippen molar-refractivity contribution >= 4 is 16.7 Å². The van der Waals surface area contributed by atoms with Gasteiger partial charge in [0, 0.05) is 17.9 Å². The Bertz CT molecular complexity index is 597. The van der Waals surface area contributed by atoms with E-state index in [0.717, 1.165) is 5.39 Å². The second kappa shape index (κ2) is 4.41. The molecule has 2 rings (SSSR count). The third-order valence-corrected chi connectivity index (χ3v) is 2.90. The van der Waals surface area contributed by atoms with Crippen LogP contribution in [0.2, 0.25) is 0 Å². The number of carbonyl (C=O) groups is 1. The van der Waals surface area contributed by atoms with E-state index >= 15 is 0 Å². The fourth-order valence-corrected chi connectivity index (χ4v) is 2.21. The third-order valence-electron chi connectivity index (χ3n) is 2.90. The molecule has 2 aromatic carbocycles. The molecule has 0 N–H and O–H groups in total. The first kappa shape index (κ1) is 12.6. The number of rotatable bonds is 2. The van der Waals surface area contributed by atoms with Gasteiger partial charge >= 0.3 is 5.97 Å². The van der Waals surface area contributed by atoms with E-state index in [1.165, 1.54) is 13.0 Å². The van der Waals surface area contributed by atoms with Gasteiger partial charge in [-0.2, -0.15) is 0 Å². The number of hydrogen-bond acceptors (Lipinski definition) is 2. The molecule has 0 heterocycles. The van der Waals surface area contributed by atoms with Crippen molar-refractivity contribution < 1.29 is 13.9 Å². The lowest BCUT2D eigenvalue weighted by molar-refractivity contribution is -0.154. The van der Waals surface area contributed by atoms with Crippen molar-refractivity contribution in [3.05, 3.63) is 47.8 Å². The molecule has 0 aliphatic rings. The lowest BCUT2D eigenvalue weighted by Gasteiger charge is -2.26. The first-order valence-electron chi connectivity index (χ1n) is 5.79. The molecule has 0 atom stereocenters. The Morgan fingerprint density at radius 3 is 2.39 bits per heavy atom. The summed E-state index contributed by atoms with van der Waals surface area (Å²) in [7, 11) is 0. The van der Waals surface area contributed by atoms with E-state index < -0.39 is 5.60 Å². The highest BCUT2D eigenvalue weighted by Gasteiger charge is 2.26. The summed E-state index contributed by atoms with van der Waals surface area (Å²) in [6.07, 6.45) is 0. The fourth-order valence-electron chi connectivity index (χ4n) is 2.21. The van der Waals surface area contributed by atoms with E-state index in [-0.39, 0.29) is 11.8 Å². The molecule has 0 aromatic heterocycles. The van der Waals surface area contributed by atoms with Gasteiger partial charge in [0.05, 0.1) is 0 Å². The van der Waals surface area contributed by atoms with Gasteiger partial charge in [-0.25, -0.2) is 4.39 Å². The van der Waals surface area contributed by atoms with Crippen LogP contribution in [0.4, 0.5) is 4.39 Å². The average molecular weight is 246 g/mol. The van der Waals surface area contributed by atoms with Crippen molar-refractivity contribution in [2.45, 2.75) is 26.4 Å². The number of hydrogen-bond donors (Lipinski definition) is 0. The van der Waals surface area contributed by atoms with Gasteiger partial charge in [0.15, 0.2) is 0 Å². The minimum Gasteiger partial charge on any atom is -0.455 e. The van der Waals surface area contributed by atoms with Crippen molar-refractivity contribution in [3.63, 3.8) is 0 Å². The molecule has 0 saturated carbocycles. The molecular weight excluding hydrogens is 231 g/mol. The smallest absolute Gasteiger partial charge is 0.303 e. The van der Waals surface area contributed by atoms with Gasteiger partial charge in [0.1, 0.15) is 11.4 Å². The number of fused-ring (bicyclic) bond motifs is 1. The summed E-state index contributed by atoms with van der Waals surface area (Å²) in [5, 5.41) is 1.30. The highest BCUT2D eigenvalue weighted by Crippen LogP contribution is 2.32. The largest absolute Gasteiger partial charge is 0.455 e. The number of esters is 1. The Kier molecular flexibility index (Phi) is 3.07. The molecule has 0 amide bonds. The summed E-state index contributed by atoms with van der Waals surface area (Å²) in [5.41, 5.74) is -0.179. The maximum Gasteiger partial charge on any atom is 0.303 e. The SMILES string of the molecule is CC(=O)OC(C)(C)c1cccc2cccc(F)c12. The number of halogens is 1. The fraction of sp³-hybridized carbons (Fsp3) is 0.267. The van der Waals surface area contributed by atoms with Gasteiger partial charge in [-0.3, -0.25) is 4.79 Å². The van der Waals surface area contributed by atoms with Crippen LogP contribution in [-0.4, -0.2) is 5.97 Å². The molecular formula is C15H15FO2. The molecule has 0 aliphatic carbocycles. The van der Waals surface area contributed by atoms with Crippen LogP contribution >= 0.6 is 0 Å². The van der Waals surface area contributed by atoms with Crippen LogP contribution in [0.3, 0.4) is 0 Å². The van der Waals surface area contributed by atoms with E-state index in [2.05, 4.69) is 0 Å². The number of carbonyl (C=O) groups excluding carboxylic acids is 1. The molecule has 0 saturated heterocycles. The van der Waals surface area contributed by atoms with E-state index in [0.29, 0.717) is 10.9 Å². The van der Waals surface area contributed by atoms with Gasteiger partial charge in [0.2, 0.25) is 0 Å². The van der Waals surface area contributed by atoms with Crippen molar-refractivity contribution in [1.82, 2.24) is 0 Å². The molecule has 94 valence electrons. The lowest BCUT2D eigenvalue weighted by Crippen LogP contribution is -2.24. The van der Waals surface area contributed by atoms with Gasteiger partial charge < -0.3 is 4.74 Å². The van der Waals surface area contributed by atoms with Gasteiger partial charge in [0.25, 0.3) is 0 Å². The van der Waals surface area contributed by atoms with Crippen molar-refractivity contribution in [3.8, 4) is 0 Å². The molecule has 2 aromatic rings. The third kappa shape index (κ3) is 2.21. The summed E-state index contributed by atoms with van der Waals surface area (Å²) in [6, 6.07) is 10.4. The molecule has 3 heteroatoms. The van der Waals surface area contributed by atoms with Crippen molar-refractivity contribution in [1.29, 1.82) is 0 Å². The number of benzene rings is 2. The zero-order valence-corrected chi connectivity index (χ0v) is 10.7. The van der Waals surface area contributed by atoms with E-state index in [9.17, 15) is 9.18 Å². The molecule has 2 nitrogen and oxygen atoms in total. The molecule has 0 fully saturated rings. The second-order valence-corrected chi connectivity index (χ2v) is 4.75. The number of ether oxygens (including phenoxy) is 1. The van der Waals surface area contributed by atoms with E-state index in [1.807, 2.05) is 18.2 Å². The Labute approximate surface area is 105 Å². The summed E-state index contributed by atoms with van der Waals surface area (Å²) in [4.78, 5) is 11.1. The topological polar surface area (TPSA) is 26.3 Å². The lowest BCUT2D eigenvalue weighted by atomic mass is 9.92. The van der Waals surface area contributed by atoms with E-state index in [1.54, 1.807) is 26.0 Å². The summed E-state index contributed by atoms with van der Waals surface area (Å²) < 4.78 is 19.3. The van der Waals surface area contributed by atoms with Crippen molar-refractivity contribution in [2.24, 2.45) is 0 Å². The minimum absolute atomic E-state index is 0.302. The molecule has 18 heavy (non-hydrogen) atoms. The van der Waals surface area contributed by atoms with Crippen LogP contribution in [0.25, 0.3) is 10.8 Å². The van der Waals surface area contributed by atoms with Crippen LogP contribution in [0, 0.1) is 5.82 Å². The van der Waals surface area contributed by atoms with Crippen LogP contribution in [-0.2, 0) is 15.1 Å². The summed E-state index contributed by atoms with van der Waals surface area (Å²) in [6.45, 7) is 4.87. The predicted molar refractivity (Wildman–Crippen MR) is 68.7 cm³/mol. The standard InChI is InChI=1S/C15H15FO2/c1-10(17)18-15(2,3)12-8-4-6-11-7-5-9-13(16)14(11)12/h4-9H,1-3H3. The van der Waals surface area contributed by atoms with Gasteiger partial charge in [-0.05, 0) is 25.3 Å². The Balaban J connectivity index is 2.67. The molecule has 0 bridgehead atoms. The summed E-state index contributed by atoms with van der Waals surface area (Å²) in [5.74, 6) is -0.684. The molecule has 0 unspecified atom stereocenters. The van der Waals surface area contributed by atoms with Gasteiger partial charge in [-0.15, -0.1) is 0 Å². The predicted octanol–water partition coefficient (Wildman–Crippen LogP) is 3.78. The van der Waals surface area contributed by atoms with Gasteiger partial charge in [-0.1, -0.05) is 30.3 Å². The first-order valence-corrected chi connectivity index (χ1v) is 5.79. The van der Waals surface area contributed by atoms with Crippen LogP contribution < -0.4 is 0 Å². The Hall–Kier alpha value is -1.90. The van der Waals surface area contributed by atoms with Crippen LogP contribution in [0.5, 0.6) is 0 Å². The molecule has 0 spiro atoms. The minimum atomic E-state index is -0.854. The Morgan fingerprint density at radius 2 is 1.78 bits per heavy atom. The normalized spacial score (nSPS) is 11.6. The molecule has 0 radical (unpaired) electrons. The highest BCUT2D eigenvalue weighted by molar-refractivity contribution is 5.87. The monoisotopic (exact) mass is 246 g/mol. The summed E-state index contributed by atoms with van der Waals surface area (Å²) >= 11 is 0. The second-order valence-electron chi connectivity index (χ2n) is 4.75. The highest BCUT2D eigenvalue weighted by atomic mass is 19.1. The zero-order valence-electron chi connectivity index (χ0n) is 10.7. The average Bonchev–Trinajstić information content (AvgIpc) is 2.27. The molecule has 0 aliphatic heterocycles. The van der Waals surface area contributed by atoms with Crippen LogP contribution in [0.1, 0.15) is 26.3 Å².